The van der Waals surface area contributed by atoms with Gasteiger partial charge in [0.05, 0.1) is 0 Å². The Morgan fingerprint density at radius 3 is 1.23 bits per heavy atom. The normalized spacial score (nSPS) is 11.7. The Balaban J connectivity index is 1.07. The molecule has 0 fully saturated rings. The first-order valence-corrected chi connectivity index (χ1v) is 22.6. The van der Waals surface area contributed by atoms with E-state index in [1.165, 1.54) is 104 Å². The van der Waals surface area contributed by atoms with E-state index < -0.39 is 0 Å². The molecule has 0 bridgehead atoms. The predicted octanol–water partition coefficient (Wildman–Crippen LogP) is 18.4. The molecule has 0 aromatic heterocycles. The molecule has 0 saturated heterocycles. The maximum absolute atomic E-state index is 14.3. The number of benzene rings is 13. The van der Waals surface area contributed by atoms with Gasteiger partial charge in [0.1, 0.15) is 5.82 Å². The molecule has 66 heavy (non-hydrogen) atoms. The Kier molecular flexibility index (Phi) is 8.79. The number of halogens is 1. The second-order valence-corrected chi connectivity index (χ2v) is 17.3. The smallest absolute Gasteiger partial charge is 0.123 e. The Bertz CT molecular complexity index is 4060. The first-order valence-electron chi connectivity index (χ1n) is 22.6. The van der Waals surface area contributed by atoms with Crippen molar-refractivity contribution in [2.75, 3.05) is 4.90 Å². The van der Waals surface area contributed by atoms with Crippen molar-refractivity contribution in [1.82, 2.24) is 0 Å². The average Bonchev–Trinajstić information content (AvgIpc) is 3.38. The molecule has 0 amide bonds. The topological polar surface area (TPSA) is 3.24 Å². The van der Waals surface area contributed by atoms with E-state index in [0.717, 1.165) is 33.6 Å². The van der Waals surface area contributed by atoms with Crippen LogP contribution in [0.15, 0.2) is 243 Å². The quantitative estimate of drug-likeness (QED) is 0.119. The summed E-state index contributed by atoms with van der Waals surface area (Å²) in [7, 11) is 0. The second-order valence-electron chi connectivity index (χ2n) is 17.3. The number of hydrogen-bond donors (Lipinski definition) is 0. The standard InChI is InChI=1S/C64H40FN/c65-47-29-34-49(35-30-47)66(50-33-27-41-13-1-2-14-43(41)37-50)48-31-25-42(26-32-48)44-28-36-59-62(38-44)64(61-40-46-16-4-6-18-52(46)54-20-8-10-22-56(54)61)58-24-12-11-23-57(58)63(59)60-39-45-15-3-5-17-51(45)53-19-7-9-21-55(53)60/h1-40H. The van der Waals surface area contributed by atoms with Gasteiger partial charge in [-0.2, -0.15) is 0 Å². The van der Waals surface area contributed by atoms with Crippen LogP contribution < -0.4 is 4.90 Å². The molecule has 13 aromatic carbocycles. The molecule has 0 unspecified atom stereocenters. The lowest BCUT2D eigenvalue weighted by Crippen LogP contribution is -2.09. The summed E-state index contributed by atoms with van der Waals surface area (Å²) in [6.07, 6.45) is 0. The van der Waals surface area contributed by atoms with E-state index in [1.807, 2.05) is 12.1 Å². The van der Waals surface area contributed by atoms with Crippen LogP contribution in [0.2, 0.25) is 0 Å². The zero-order valence-electron chi connectivity index (χ0n) is 35.9. The predicted molar refractivity (Wildman–Crippen MR) is 280 cm³/mol. The lowest BCUT2D eigenvalue weighted by atomic mass is 9.81. The summed E-state index contributed by atoms with van der Waals surface area (Å²) < 4.78 is 14.3. The lowest BCUT2D eigenvalue weighted by molar-refractivity contribution is 0.628. The van der Waals surface area contributed by atoms with Gasteiger partial charge in [-0.1, -0.05) is 176 Å². The van der Waals surface area contributed by atoms with Crippen LogP contribution in [0, 0.1) is 5.82 Å². The molecule has 0 spiro atoms. The van der Waals surface area contributed by atoms with E-state index in [2.05, 4.69) is 223 Å². The van der Waals surface area contributed by atoms with Crippen molar-refractivity contribution < 1.29 is 4.39 Å². The van der Waals surface area contributed by atoms with E-state index in [-0.39, 0.29) is 5.82 Å². The monoisotopic (exact) mass is 841 g/mol. The SMILES string of the molecule is Fc1ccc(N(c2ccc(-c3ccc4c(-c5cc6ccccc6c6ccccc56)c5ccccc5c(-c5cc6ccccc6c6ccccc56)c4c3)cc2)c2ccc3ccccc3c2)cc1. The highest BCUT2D eigenvalue weighted by molar-refractivity contribution is 6.28. The summed E-state index contributed by atoms with van der Waals surface area (Å²) in [5.74, 6) is -0.260. The van der Waals surface area contributed by atoms with E-state index in [9.17, 15) is 4.39 Å². The number of fused-ring (bicyclic) bond motifs is 9. The van der Waals surface area contributed by atoms with Gasteiger partial charge < -0.3 is 4.90 Å². The van der Waals surface area contributed by atoms with Gasteiger partial charge in [-0.05, 0) is 176 Å². The van der Waals surface area contributed by atoms with Crippen LogP contribution in [0.1, 0.15) is 0 Å². The maximum atomic E-state index is 14.3. The molecule has 0 aliphatic carbocycles. The molecule has 2 heteroatoms. The van der Waals surface area contributed by atoms with Crippen LogP contribution in [0.3, 0.4) is 0 Å². The van der Waals surface area contributed by atoms with Crippen molar-refractivity contribution >= 4 is 92.5 Å². The first kappa shape index (κ1) is 37.9. The van der Waals surface area contributed by atoms with Crippen LogP contribution in [0.4, 0.5) is 21.5 Å². The van der Waals surface area contributed by atoms with Crippen LogP contribution in [0.5, 0.6) is 0 Å². The van der Waals surface area contributed by atoms with E-state index >= 15 is 0 Å². The summed E-state index contributed by atoms with van der Waals surface area (Å²) in [6.45, 7) is 0. The minimum Gasteiger partial charge on any atom is -0.310 e. The number of nitrogens with zero attached hydrogens (tertiary/aromatic N) is 1. The molecular formula is C64H40FN. The summed E-state index contributed by atoms with van der Waals surface area (Å²) in [5, 5.41) is 17.1. The zero-order chi connectivity index (χ0) is 43.7. The van der Waals surface area contributed by atoms with Crippen LogP contribution in [0.25, 0.3) is 109 Å². The fourth-order valence-corrected chi connectivity index (χ4v) is 10.6. The highest BCUT2D eigenvalue weighted by Gasteiger charge is 2.22. The largest absolute Gasteiger partial charge is 0.310 e. The Morgan fingerprint density at radius 2 is 0.652 bits per heavy atom. The summed E-state index contributed by atoms with van der Waals surface area (Å²) >= 11 is 0. The molecule has 13 aromatic rings. The molecule has 0 N–H and O–H groups in total. The van der Waals surface area contributed by atoms with E-state index in [0.29, 0.717) is 0 Å². The van der Waals surface area contributed by atoms with Gasteiger partial charge >= 0.3 is 0 Å². The highest BCUT2D eigenvalue weighted by Crippen LogP contribution is 2.49. The minimum absolute atomic E-state index is 0.260. The third kappa shape index (κ3) is 6.14. The Hall–Kier alpha value is -8.59. The number of rotatable bonds is 6. The van der Waals surface area contributed by atoms with E-state index in [1.54, 1.807) is 0 Å². The van der Waals surface area contributed by atoms with Crippen molar-refractivity contribution in [3.8, 4) is 33.4 Å². The second kappa shape index (κ2) is 15.3. The average molecular weight is 842 g/mol. The third-order valence-electron chi connectivity index (χ3n) is 13.6. The van der Waals surface area contributed by atoms with Gasteiger partial charge in [0.15, 0.2) is 0 Å². The number of hydrogen-bond acceptors (Lipinski definition) is 1. The van der Waals surface area contributed by atoms with Gasteiger partial charge in [0.2, 0.25) is 0 Å². The van der Waals surface area contributed by atoms with Gasteiger partial charge in [0.25, 0.3) is 0 Å². The Labute approximate surface area is 381 Å². The van der Waals surface area contributed by atoms with Crippen molar-refractivity contribution in [2.45, 2.75) is 0 Å². The molecule has 0 heterocycles. The van der Waals surface area contributed by atoms with Gasteiger partial charge in [-0.3, -0.25) is 0 Å². The lowest BCUT2D eigenvalue weighted by Gasteiger charge is -2.26. The van der Waals surface area contributed by atoms with Crippen molar-refractivity contribution in [3.05, 3.63) is 248 Å². The fraction of sp³-hybridized carbons (Fsp3) is 0. The summed E-state index contributed by atoms with van der Waals surface area (Å²) in [5.41, 5.74) is 10.0. The maximum Gasteiger partial charge on any atom is 0.123 e. The molecule has 0 atom stereocenters. The van der Waals surface area contributed by atoms with Gasteiger partial charge in [-0.15, -0.1) is 0 Å². The van der Waals surface area contributed by atoms with Crippen LogP contribution in [-0.4, -0.2) is 0 Å². The summed E-state index contributed by atoms with van der Waals surface area (Å²) in [6, 6.07) is 86.6. The molecule has 0 saturated carbocycles. The molecule has 308 valence electrons. The molecule has 0 aliphatic rings. The Morgan fingerprint density at radius 1 is 0.242 bits per heavy atom. The zero-order valence-corrected chi connectivity index (χ0v) is 35.9. The van der Waals surface area contributed by atoms with Crippen molar-refractivity contribution in [2.24, 2.45) is 0 Å². The number of anilines is 3. The molecule has 1 nitrogen and oxygen atoms in total. The molecule has 0 radical (unpaired) electrons. The van der Waals surface area contributed by atoms with Gasteiger partial charge in [-0.25, -0.2) is 4.39 Å². The minimum atomic E-state index is -0.260. The highest BCUT2D eigenvalue weighted by atomic mass is 19.1. The molecule has 0 aliphatic heterocycles. The fourth-order valence-electron chi connectivity index (χ4n) is 10.6. The van der Waals surface area contributed by atoms with Crippen molar-refractivity contribution in [1.29, 1.82) is 0 Å². The van der Waals surface area contributed by atoms with Gasteiger partial charge in [0, 0.05) is 17.1 Å². The van der Waals surface area contributed by atoms with E-state index in [4.69, 9.17) is 0 Å². The molecule has 13 rings (SSSR count). The summed E-state index contributed by atoms with van der Waals surface area (Å²) in [4.78, 5) is 2.20. The third-order valence-corrected chi connectivity index (χ3v) is 13.6. The first-order chi connectivity index (χ1) is 32.6. The van der Waals surface area contributed by atoms with Crippen LogP contribution in [-0.2, 0) is 0 Å². The van der Waals surface area contributed by atoms with Crippen molar-refractivity contribution in [3.63, 3.8) is 0 Å². The van der Waals surface area contributed by atoms with Crippen LogP contribution >= 0.6 is 0 Å². The molecular weight excluding hydrogens is 802 g/mol.